The number of nitrogens with two attached hydrogens (primary N) is 2. The summed E-state index contributed by atoms with van der Waals surface area (Å²) in [6.07, 6.45) is 0. The van der Waals surface area contributed by atoms with E-state index >= 15 is 0 Å². The van der Waals surface area contributed by atoms with Crippen LogP contribution in [-0.4, -0.2) is 49.5 Å². The molecule has 0 aliphatic rings. The third-order valence-electron chi connectivity index (χ3n) is 5.76. The number of primary amides is 1. The van der Waals surface area contributed by atoms with E-state index in [1.807, 2.05) is 12.1 Å². The van der Waals surface area contributed by atoms with E-state index in [1.165, 1.54) is 12.0 Å². The van der Waals surface area contributed by atoms with Gasteiger partial charge >= 0.3 is 0 Å². The number of hydrogen-bond acceptors (Lipinski definition) is 8. The Balaban J connectivity index is 2.18. The molecule has 3 amide bonds. The van der Waals surface area contributed by atoms with Crippen molar-refractivity contribution >= 4 is 40.6 Å². The van der Waals surface area contributed by atoms with Gasteiger partial charge in [0, 0.05) is 19.3 Å². The minimum absolute atomic E-state index is 0.00457. The Morgan fingerprint density at radius 1 is 1.03 bits per heavy atom. The Kier molecular flexibility index (Phi) is 9.20. The van der Waals surface area contributed by atoms with E-state index in [0.29, 0.717) is 23.6 Å². The van der Waals surface area contributed by atoms with E-state index in [9.17, 15) is 14.4 Å². The van der Waals surface area contributed by atoms with E-state index in [2.05, 4.69) is 23.5 Å². The molecule has 37 heavy (non-hydrogen) atoms. The number of rotatable bonds is 11. The number of anilines is 2. The highest BCUT2D eigenvalue weighted by atomic mass is 32.1. The van der Waals surface area contributed by atoms with Gasteiger partial charge in [-0.15, -0.1) is 0 Å². The van der Waals surface area contributed by atoms with Gasteiger partial charge in [-0.2, -0.15) is 4.37 Å². The van der Waals surface area contributed by atoms with Gasteiger partial charge in [0.05, 0.1) is 19.4 Å². The first-order valence-corrected chi connectivity index (χ1v) is 12.4. The van der Waals surface area contributed by atoms with E-state index in [-0.39, 0.29) is 28.7 Å². The van der Waals surface area contributed by atoms with Crippen molar-refractivity contribution in [3.63, 3.8) is 0 Å². The number of carbonyl (C=O) groups excluding carboxylic acids is 3. The van der Waals surface area contributed by atoms with E-state index in [4.69, 9.17) is 20.9 Å². The number of methoxy groups -OCH3 is 2. The van der Waals surface area contributed by atoms with Crippen LogP contribution in [0.15, 0.2) is 48.5 Å². The number of ether oxygens (including phenoxy) is 2. The molecule has 11 heteroatoms. The number of carbonyl (C=O) groups is 3. The molecule has 0 saturated heterocycles. The molecule has 0 fully saturated rings. The molecule has 0 saturated carbocycles. The van der Waals surface area contributed by atoms with Crippen molar-refractivity contribution in [2.45, 2.75) is 25.8 Å². The quantitative estimate of drug-likeness (QED) is 0.326. The van der Waals surface area contributed by atoms with Gasteiger partial charge in [-0.25, -0.2) is 0 Å². The van der Waals surface area contributed by atoms with Crippen LogP contribution in [0, 0.1) is 0 Å². The lowest BCUT2D eigenvalue weighted by Gasteiger charge is -2.31. The number of hydrogen-bond donors (Lipinski definition) is 3. The fraction of sp³-hybridized carbons (Fsp3) is 0.308. The van der Waals surface area contributed by atoms with Crippen LogP contribution in [0.3, 0.4) is 0 Å². The minimum atomic E-state index is -1.08. The van der Waals surface area contributed by atoms with Crippen LogP contribution in [0.2, 0.25) is 0 Å². The van der Waals surface area contributed by atoms with Crippen molar-refractivity contribution < 1.29 is 23.9 Å². The maximum atomic E-state index is 14.0. The fourth-order valence-corrected chi connectivity index (χ4v) is 4.46. The van der Waals surface area contributed by atoms with E-state index < -0.39 is 23.8 Å². The van der Waals surface area contributed by atoms with Gasteiger partial charge in [-0.05, 0) is 52.8 Å². The molecule has 1 aromatic heterocycles. The summed E-state index contributed by atoms with van der Waals surface area (Å²) in [7, 11) is 3.07. The fourth-order valence-electron chi connectivity index (χ4n) is 3.72. The molecular weight excluding hydrogens is 494 g/mol. The molecule has 0 radical (unpaired) electrons. The van der Waals surface area contributed by atoms with Crippen molar-refractivity contribution in [1.82, 2.24) is 9.69 Å². The van der Waals surface area contributed by atoms with Gasteiger partial charge in [0.1, 0.15) is 16.7 Å². The van der Waals surface area contributed by atoms with Gasteiger partial charge < -0.3 is 26.3 Å². The van der Waals surface area contributed by atoms with Gasteiger partial charge in [0.2, 0.25) is 5.91 Å². The molecule has 1 heterocycles. The molecule has 3 rings (SSSR count). The molecule has 10 nitrogen and oxygen atoms in total. The third-order valence-corrected chi connectivity index (χ3v) is 6.61. The van der Waals surface area contributed by atoms with Crippen LogP contribution in [0.4, 0.5) is 11.4 Å². The zero-order valence-corrected chi connectivity index (χ0v) is 22.0. The van der Waals surface area contributed by atoms with Crippen molar-refractivity contribution in [1.29, 1.82) is 0 Å². The maximum absolute atomic E-state index is 14.0. The highest BCUT2D eigenvalue weighted by molar-refractivity contribution is 7.09. The van der Waals surface area contributed by atoms with Crippen LogP contribution in [0.1, 0.15) is 57.1 Å². The van der Waals surface area contributed by atoms with Crippen LogP contribution in [0.25, 0.3) is 0 Å². The number of aromatic nitrogens is 1. The predicted molar refractivity (Wildman–Crippen MR) is 143 cm³/mol. The van der Waals surface area contributed by atoms with Crippen molar-refractivity contribution in [3.8, 4) is 5.75 Å². The molecule has 0 aliphatic heterocycles. The Morgan fingerprint density at radius 2 is 1.65 bits per heavy atom. The third kappa shape index (κ3) is 6.25. The first-order valence-electron chi connectivity index (χ1n) is 11.6. The second-order valence-corrected chi connectivity index (χ2v) is 9.29. The highest BCUT2D eigenvalue weighted by Crippen LogP contribution is 2.34. The first-order chi connectivity index (χ1) is 17.7. The predicted octanol–water partition coefficient (Wildman–Crippen LogP) is 3.11. The summed E-state index contributed by atoms with van der Waals surface area (Å²) in [5.74, 6) is -1.00. The second kappa shape index (κ2) is 12.3. The summed E-state index contributed by atoms with van der Waals surface area (Å²) in [6, 6.07) is 13.1. The van der Waals surface area contributed by atoms with E-state index in [0.717, 1.165) is 17.1 Å². The SMILES string of the molecule is COCCNC(=O)[C@H](c1ccc(OC)cc1)N(C(=O)c1snc(C(N)=O)c1N)c1ccc(C(C)C)cc1. The van der Waals surface area contributed by atoms with Gasteiger partial charge in [-0.3, -0.25) is 19.3 Å². The molecule has 3 aromatic rings. The second-order valence-electron chi connectivity index (χ2n) is 8.52. The molecule has 2 aromatic carbocycles. The van der Waals surface area contributed by atoms with Gasteiger partial charge in [0.25, 0.3) is 11.8 Å². The largest absolute Gasteiger partial charge is 0.497 e. The molecule has 0 unspecified atom stereocenters. The lowest BCUT2D eigenvalue weighted by Crippen LogP contribution is -2.44. The van der Waals surface area contributed by atoms with Crippen LogP contribution in [-0.2, 0) is 9.53 Å². The van der Waals surface area contributed by atoms with Crippen molar-refractivity contribution in [3.05, 3.63) is 70.2 Å². The number of nitrogens with zero attached hydrogens (tertiary/aromatic N) is 2. The van der Waals surface area contributed by atoms with Crippen LogP contribution < -0.4 is 26.4 Å². The van der Waals surface area contributed by atoms with E-state index in [1.54, 1.807) is 43.5 Å². The average Bonchev–Trinajstić information content (AvgIpc) is 3.28. The minimum Gasteiger partial charge on any atom is -0.497 e. The summed E-state index contributed by atoms with van der Waals surface area (Å²) < 4.78 is 14.3. The van der Waals surface area contributed by atoms with Crippen LogP contribution >= 0.6 is 11.5 Å². The normalized spacial score (nSPS) is 11.7. The van der Waals surface area contributed by atoms with Crippen LogP contribution in [0.5, 0.6) is 5.75 Å². The number of nitrogen functional groups attached to an aromatic ring is 1. The lowest BCUT2D eigenvalue weighted by molar-refractivity contribution is -0.122. The van der Waals surface area contributed by atoms with Gasteiger partial charge in [-0.1, -0.05) is 38.1 Å². The Hall–Kier alpha value is -3.96. The molecule has 196 valence electrons. The summed E-state index contributed by atoms with van der Waals surface area (Å²) in [4.78, 5) is 40.7. The zero-order valence-electron chi connectivity index (χ0n) is 21.2. The number of nitrogens with one attached hydrogen (secondary N) is 1. The molecule has 0 aliphatic carbocycles. The molecule has 0 spiro atoms. The van der Waals surface area contributed by atoms with Crippen molar-refractivity contribution in [2.24, 2.45) is 5.73 Å². The number of benzene rings is 2. The summed E-state index contributed by atoms with van der Waals surface area (Å²) in [5, 5.41) is 2.83. The van der Waals surface area contributed by atoms with Crippen molar-refractivity contribution in [2.75, 3.05) is 38.0 Å². The maximum Gasteiger partial charge on any atom is 0.273 e. The Bertz CT molecular complexity index is 1240. The topological polar surface area (TPSA) is 150 Å². The zero-order chi connectivity index (χ0) is 27.1. The molecule has 1 atom stereocenters. The Morgan fingerprint density at radius 3 is 2.16 bits per heavy atom. The van der Waals surface area contributed by atoms with Gasteiger partial charge in [0.15, 0.2) is 5.69 Å². The summed E-state index contributed by atoms with van der Waals surface area (Å²) >= 11 is 0.757. The molecular formula is C26H31N5O5S. The summed E-state index contributed by atoms with van der Waals surface area (Å²) in [6.45, 7) is 4.65. The lowest BCUT2D eigenvalue weighted by atomic mass is 10.00. The monoisotopic (exact) mass is 525 g/mol. The average molecular weight is 526 g/mol. The number of amides is 3. The smallest absolute Gasteiger partial charge is 0.273 e. The first kappa shape index (κ1) is 27.6. The Labute approximate surface area is 219 Å². The molecule has 0 bridgehead atoms. The molecule has 5 N–H and O–H groups in total. The summed E-state index contributed by atoms with van der Waals surface area (Å²) in [5.41, 5.74) is 13.2. The highest BCUT2D eigenvalue weighted by Gasteiger charge is 2.36. The standard InChI is InChI=1S/C26H31N5O5S/c1-15(2)16-5-9-18(10-6-16)31(26(34)23-20(27)21(24(28)32)30-37-23)22(25(33)29-13-14-35-3)17-7-11-19(36-4)12-8-17/h5-12,15,22H,13-14,27H2,1-4H3,(H2,28,32)(H,29,33)/t22-/m0/s1.